The minimum atomic E-state index is -0.166. The van der Waals surface area contributed by atoms with Crippen molar-refractivity contribution in [3.8, 4) is 0 Å². The van der Waals surface area contributed by atoms with Crippen molar-refractivity contribution >= 4 is 10.9 Å². The number of hydrogen-bond acceptors (Lipinski definition) is 0. The van der Waals surface area contributed by atoms with Crippen LogP contribution in [0.25, 0.3) is 10.9 Å². The van der Waals surface area contributed by atoms with Gasteiger partial charge in [-0.3, -0.25) is 0 Å². The highest BCUT2D eigenvalue weighted by atomic mass is 19.1. The van der Waals surface area contributed by atoms with Gasteiger partial charge in [0.05, 0.1) is 5.52 Å². The van der Waals surface area contributed by atoms with Crippen LogP contribution in [0.5, 0.6) is 0 Å². The number of benzene rings is 1. The van der Waals surface area contributed by atoms with Crippen LogP contribution in [-0.4, -0.2) is 4.57 Å². The molecule has 86 valence electrons. The Morgan fingerprint density at radius 2 is 1.88 bits per heavy atom. The van der Waals surface area contributed by atoms with Gasteiger partial charge in [0.1, 0.15) is 5.82 Å². The van der Waals surface area contributed by atoms with Gasteiger partial charge in [0, 0.05) is 23.0 Å². The Morgan fingerprint density at radius 1 is 1.19 bits per heavy atom. The summed E-state index contributed by atoms with van der Waals surface area (Å²) < 4.78 is 15.4. The molecule has 0 aliphatic heterocycles. The van der Waals surface area contributed by atoms with E-state index < -0.39 is 0 Å². The maximum atomic E-state index is 13.2. The third-order valence-corrected chi connectivity index (χ3v) is 2.95. The van der Waals surface area contributed by atoms with Gasteiger partial charge in [-0.25, -0.2) is 4.39 Å². The Hall–Kier alpha value is -1.31. The van der Waals surface area contributed by atoms with Crippen molar-refractivity contribution in [1.29, 1.82) is 0 Å². The molecule has 1 nitrogen and oxygen atoms in total. The molecule has 16 heavy (non-hydrogen) atoms. The molecule has 2 rings (SSSR count). The average Bonchev–Trinajstić information content (AvgIpc) is 2.54. The first-order valence-corrected chi connectivity index (χ1v) is 5.72. The molecule has 0 saturated heterocycles. The van der Waals surface area contributed by atoms with Crippen molar-refractivity contribution in [2.75, 3.05) is 0 Å². The fourth-order valence-electron chi connectivity index (χ4n) is 2.19. The summed E-state index contributed by atoms with van der Waals surface area (Å²) >= 11 is 0. The van der Waals surface area contributed by atoms with Crippen LogP contribution in [-0.2, 0) is 12.0 Å². The highest BCUT2D eigenvalue weighted by Crippen LogP contribution is 2.29. The lowest BCUT2D eigenvalue weighted by Crippen LogP contribution is -2.16. The monoisotopic (exact) mass is 219 g/mol. The number of aryl methyl sites for hydroxylation is 1. The van der Waals surface area contributed by atoms with Crippen LogP contribution in [0.4, 0.5) is 4.39 Å². The van der Waals surface area contributed by atoms with Crippen molar-refractivity contribution in [3.05, 3.63) is 35.8 Å². The van der Waals surface area contributed by atoms with E-state index in [-0.39, 0.29) is 11.2 Å². The summed E-state index contributed by atoms with van der Waals surface area (Å²) in [5, 5.41) is 1.12. The predicted octanol–water partition coefficient (Wildman–Crippen LogP) is 4.10. The lowest BCUT2D eigenvalue weighted by molar-refractivity contribution is 0.531. The smallest absolute Gasteiger partial charge is 0.125 e. The minimum Gasteiger partial charge on any atom is -0.344 e. The zero-order valence-corrected chi connectivity index (χ0v) is 10.3. The quantitative estimate of drug-likeness (QED) is 0.680. The fraction of sp³-hybridized carbons (Fsp3) is 0.429. The first kappa shape index (κ1) is 11.2. The summed E-state index contributed by atoms with van der Waals surface area (Å²) in [6.07, 6.45) is 0. The fourth-order valence-corrected chi connectivity index (χ4v) is 2.19. The lowest BCUT2D eigenvalue weighted by atomic mass is 9.92. The lowest BCUT2D eigenvalue weighted by Gasteiger charge is -2.21. The molecule has 0 fully saturated rings. The largest absolute Gasteiger partial charge is 0.344 e. The van der Waals surface area contributed by atoms with Crippen LogP contribution >= 0.6 is 0 Å². The molecule has 0 unspecified atom stereocenters. The zero-order valence-electron chi connectivity index (χ0n) is 10.3. The molecule has 2 aromatic rings. The van der Waals surface area contributed by atoms with Gasteiger partial charge in [0.2, 0.25) is 0 Å². The van der Waals surface area contributed by atoms with Gasteiger partial charge in [0.25, 0.3) is 0 Å². The topological polar surface area (TPSA) is 4.93 Å². The van der Waals surface area contributed by atoms with Gasteiger partial charge in [0.15, 0.2) is 0 Å². The molecule has 1 heterocycles. The Balaban J connectivity index is 2.77. The summed E-state index contributed by atoms with van der Waals surface area (Å²) in [7, 11) is 0. The summed E-state index contributed by atoms with van der Waals surface area (Å²) in [6, 6.07) is 7.16. The van der Waals surface area contributed by atoms with Gasteiger partial charge < -0.3 is 4.57 Å². The zero-order chi connectivity index (χ0) is 11.9. The number of rotatable bonds is 1. The molecule has 0 atom stereocenters. The van der Waals surface area contributed by atoms with Crippen LogP contribution in [0.2, 0.25) is 0 Å². The van der Waals surface area contributed by atoms with Crippen LogP contribution < -0.4 is 0 Å². The van der Waals surface area contributed by atoms with Crippen molar-refractivity contribution in [2.45, 2.75) is 39.7 Å². The molecule has 0 aliphatic rings. The van der Waals surface area contributed by atoms with Gasteiger partial charge in [-0.1, -0.05) is 20.8 Å². The van der Waals surface area contributed by atoms with Crippen LogP contribution in [0.1, 0.15) is 33.4 Å². The van der Waals surface area contributed by atoms with Crippen molar-refractivity contribution in [2.24, 2.45) is 0 Å². The maximum Gasteiger partial charge on any atom is 0.125 e. The molecule has 0 aliphatic carbocycles. The van der Waals surface area contributed by atoms with Crippen molar-refractivity contribution < 1.29 is 4.39 Å². The number of fused-ring (bicyclic) bond motifs is 1. The molecule has 2 heteroatoms. The van der Waals surface area contributed by atoms with E-state index in [4.69, 9.17) is 0 Å². The Morgan fingerprint density at radius 3 is 2.44 bits per heavy atom. The second-order valence-electron chi connectivity index (χ2n) is 5.23. The Bertz CT molecular complexity index is 517. The summed E-state index contributed by atoms with van der Waals surface area (Å²) in [5.74, 6) is -0.166. The number of aromatic nitrogens is 1. The second kappa shape index (κ2) is 3.62. The highest BCUT2D eigenvalue weighted by Gasteiger charge is 2.20. The van der Waals surface area contributed by atoms with E-state index in [0.717, 1.165) is 17.4 Å². The molecule has 0 radical (unpaired) electrons. The second-order valence-corrected chi connectivity index (χ2v) is 5.23. The van der Waals surface area contributed by atoms with E-state index in [1.165, 1.54) is 11.8 Å². The third kappa shape index (κ3) is 1.73. The first-order valence-electron chi connectivity index (χ1n) is 5.72. The van der Waals surface area contributed by atoms with Crippen LogP contribution in [0.15, 0.2) is 24.3 Å². The molecule has 0 bridgehead atoms. The SMILES string of the molecule is CCn1c(C(C)(C)C)cc2ccc(F)cc21. The number of hydrogen-bond donors (Lipinski definition) is 0. The van der Waals surface area contributed by atoms with Gasteiger partial charge in [-0.15, -0.1) is 0 Å². The minimum absolute atomic E-state index is 0.0888. The van der Waals surface area contributed by atoms with E-state index in [1.54, 1.807) is 6.07 Å². The van der Waals surface area contributed by atoms with E-state index in [0.29, 0.717) is 0 Å². The van der Waals surface area contributed by atoms with Gasteiger partial charge in [-0.05, 0) is 31.2 Å². The third-order valence-electron chi connectivity index (χ3n) is 2.95. The van der Waals surface area contributed by atoms with Crippen molar-refractivity contribution in [1.82, 2.24) is 4.57 Å². The molecule has 0 saturated carbocycles. The van der Waals surface area contributed by atoms with Crippen molar-refractivity contribution in [3.63, 3.8) is 0 Å². The summed E-state index contributed by atoms with van der Waals surface area (Å²) in [4.78, 5) is 0. The molecule has 0 N–H and O–H groups in total. The predicted molar refractivity (Wildman–Crippen MR) is 66.3 cm³/mol. The Labute approximate surface area is 95.9 Å². The van der Waals surface area contributed by atoms with Gasteiger partial charge in [-0.2, -0.15) is 0 Å². The van der Waals surface area contributed by atoms with E-state index >= 15 is 0 Å². The molecular formula is C14H18FN. The summed E-state index contributed by atoms with van der Waals surface area (Å²) in [6.45, 7) is 9.52. The van der Waals surface area contributed by atoms with Gasteiger partial charge >= 0.3 is 0 Å². The van der Waals surface area contributed by atoms with Crippen LogP contribution in [0.3, 0.4) is 0 Å². The summed E-state index contributed by atoms with van der Waals surface area (Å²) in [5.41, 5.74) is 2.34. The Kier molecular flexibility index (Phi) is 2.53. The number of nitrogens with zero attached hydrogens (tertiary/aromatic N) is 1. The van der Waals surface area contributed by atoms with E-state index in [1.807, 2.05) is 6.07 Å². The number of halogens is 1. The molecule has 1 aromatic heterocycles. The molecule has 0 amide bonds. The maximum absolute atomic E-state index is 13.2. The van der Waals surface area contributed by atoms with E-state index in [9.17, 15) is 4.39 Å². The van der Waals surface area contributed by atoms with E-state index in [2.05, 4.69) is 38.3 Å². The normalized spacial score (nSPS) is 12.3. The molecule has 0 spiro atoms. The molecule has 1 aromatic carbocycles. The first-order chi connectivity index (χ1) is 7.43. The molecular weight excluding hydrogens is 201 g/mol. The van der Waals surface area contributed by atoms with Crippen LogP contribution in [0, 0.1) is 5.82 Å². The highest BCUT2D eigenvalue weighted by molar-refractivity contribution is 5.81. The average molecular weight is 219 g/mol. The standard InChI is InChI=1S/C14H18FN/c1-5-16-12-9-11(15)7-6-10(12)8-13(16)14(2,3)4/h6-9H,5H2,1-4H3.